The first-order valence-corrected chi connectivity index (χ1v) is 12.3. The summed E-state index contributed by atoms with van der Waals surface area (Å²) in [6.07, 6.45) is 3.07. The SMILES string of the molecule is Fc1cc(Br)ccn1.OCCOCCOCCO.OCCOCCOCCOc1cc(Br)ccn1. The fourth-order valence-electron chi connectivity index (χ4n) is 1.89. The molecule has 0 atom stereocenters. The van der Waals surface area contributed by atoms with E-state index in [1.807, 2.05) is 6.07 Å². The molecular formula is C22H33Br2FN2O8. The summed E-state index contributed by atoms with van der Waals surface area (Å²) in [6.45, 7) is 4.02. The second kappa shape index (κ2) is 25.8. The molecule has 2 aromatic rings. The zero-order valence-corrected chi connectivity index (χ0v) is 22.5. The van der Waals surface area contributed by atoms with Crippen molar-refractivity contribution in [3.63, 3.8) is 0 Å². The molecule has 0 saturated carbocycles. The number of halogens is 3. The predicted octanol–water partition coefficient (Wildman–Crippen LogP) is 2.24. The number of aliphatic hydroxyl groups excluding tert-OH is 3. The highest BCUT2D eigenvalue weighted by Crippen LogP contribution is 2.14. The van der Waals surface area contributed by atoms with Crippen molar-refractivity contribution in [3.8, 4) is 5.88 Å². The van der Waals surface area contributed by atoms with Gasteiger partial charge in [-0.25, -0.2) is 9.97 Å². The number of nitrogens with zero attached hydrogens (tertiary/aromatic N) is 2. The van der Waals surface area contributed by atoms with Crippen LogP contribution in [0.3, 0.4) is 0 Å². The van der Waals surface area contributed by atoms with Gasteiger partial charge in [-0.3, -0.25) is 0 Å². The van der Waals surface area contributed by atoms with Crippen molar-refractivity contribution in [3.05, 3.63) is 51.6 Å². The van der Waals surface area contributed by atoms with Gasteiger partial charge < -0.3 is 39.0 Å². The monoisotopic (exact) mass is 630 g/mol. The molecule has 0 aliphatic heterocycles. The number of hydrogen-bond donors (Lipinski definition) is 3. The third-order valence-corrected chi connectivity index (χ3v) is 4.30. The topological polar surface area (TPSA) is 133 Å². The number of rotatable bonds is 16. The quantitative estimate of drug-likeness (QED) is 0.187. The van der Waals surface area contributed by atoms with Gasteiger partial charge in [-0.05, 0) is 12.1 Å². The summed E-state index contributed by atoms with van der Waals surface area (Å²) in [5.41, 5.74) is 0. The highest BCUT2D eigenvalue weighted by molar-refractivity contribution is 9.10. The van der Waals surface area contributed by atoms with Gasteiger partial charge in [0.15, 0.2) is 0 Å². The van der Waals surface area contributed by atoms with Crippen LogP contribution < -0.4 is 4.74 Å². The van der Waals surface area contributed by atoms with Crippen molar-refractivity contribution in [2.75, 3.05) is 79.3 Å². The number of pyridine rings is 2. The fraction of sp³-hybridized carbons (Fsp3) is 0.545. The van der Waals surface area contributed by atoms with E-state index in [0.29, 0.717) is 69.8 Å². The maximum Gasteiger partial charge on any atom is 0.214 e. The first-order chi connectivity index (χ1) is 17.0. The maximum absolute atomic E-state index is 12.0. The normalized spacial score (nSPS) is 10.1. The van der Waals surface area contributed by atoms with Gasteiger partial charge in [0, 0.05) is 33.5 Å². The molecule has 200 valence electrons. The zero-order valence-electron chi connectivity index (χ0n) is 19.4. The van der Waals surface area contributed by atoms with Crippen LogP contribution in [0, 0.1) is 5.95 Å². The third-order valence-electron chi connectivity index (χ3n) is 3.31. The molecule has 0 spiro atoms. The molecule has 13 heteroatoms. The van der Waals surface area contributed by atoms with Crippen molar-refractivity contribution in [2.45, 2.75) is 0 Å². The minimum absolute atomic E-state index is 0.0394. The summed E-state index contributed by atoms with van der Waals surface area (Å²) in [4.78, 5) is 7.38. The Bertz CT molecular complexity index is 712. The van der Waals surface area contributed by atoms with Crippen LogP contribution >= 0.6 is 31.9 Å². The van der Waals surface area contributed by atoms with Gasteiger partial charge in [0.2, 0.25) is 11.8 Å². The Labute approximate surface area is 221 Å². The lowest BCUT2D eigenvalue weighted by Gasteiger charge is -2.06. The van der Waals surface area contributed by atoms with Gasteiger partial charge in [0.05, 0.1) is 72.7 Å². The molecule has 3 N–H and O–H groups in total. The van der Waals surface area contributed by atoms with Crippen molar-refractivity contribution < 1.29 is 43.4 Å². The molecule has 0 aliphatic carbocycles. The molecule has 0 fully saturated rings. The smallest absolute Gasteiger partial charge is 0.214 e. The fourth-order valence-corrected chi connectivity index (χ4v) is 2.51. The largest absolute Gasteiger partial charge is 0.475 e. The highest BCUT2D eigenvalue weighted by atomic mass is 79.9. The molecule has 0 aliphatic rings. The summed E-state index contributed by atoms with van der Waals surface area (Å²) >= 11 is 6.41. The van der Waals surface area contributed by atoms with E-state index in [2.05, 4.69) is 41.8 Å². The lowest BCUT2D eigenvalue weighted by atomic mass is 10.5. The average Bonchev–Trinajstić information content (AvgIpc) is 2.84. The van der Waals surface area contributed by atoms with E-state index in [-0.39, 0.29) is 19.8 Å². The Kier molecular flexibility index (Phi) is 24.8. The van der Waals surface area contributed by atoms with E-state index in [9.17, 15) is 4.39 Å². The summed E-state index contributed by atoms with van der Waals surface area (Å²) in [7, 11) is 0. The van der Waals surface area contributed by atoms with E-state index in [0.717, 1.165) is 4.47 Å². The van der Waals surface area contributed by atoms with Crippen molar-refractivity contribution in [1.82, 2.24) is 9.97 Å². The van der Waals surface area contributed by atoms with E-state index in [1.54, 1.807) is 18.3 Å². The minimum atomic E-state index is -0.459. The molecule has 35 heavy (non-hydrogen) atoms. The number of aromatic nitrogens is 2. The van der Waals surface area contributed by atoms with E-state index >= 15 is 0 Å². The van der Waals surface area contributed by atoms with Crippen molar-refractivity contribution >= 4 is 31.9 Å². The average molecular weight is 632 g/mol. The van der Waals surface area contributed by atoms with Crippen LogP contribution in [-0.2, 0) is 18.9 Å². The van der Waals surface area contributed by atoms with Crippen molar-refractivity contribution in [1.29, 1.82) is 0 Å². The Balaban J connectivity index is 0.000000544. The molecule has 2 rings (SSSR count). The van der Waals surface area contributed by atoms with Gasteiger partial charge >= 0.3 is 0 Å². The standard InChI is InChI=1S/C11H16BrNO4.C6H14O4.C5H3BrFN/c12-10-1-2-13-11(9-10)17-8-7-16-6-5-15-4-3-14;7-1-3-9-5-6-10-4-2-8;6-4-1-2-8-5(7)3-4/h1-2,9,14H,3-8H2;7-8H,1-6H2;1-3H. The summed E-state index contributed by atoms with van der Waals surface area (Å²) in [5, 5.41) is 25.0. The molecule has 0 unspecified atom stereocenters. The van der Waals surface area contributed by atoms with E-state index < -0.39 is 5.95 Å². The Morgan fingerprint density at radius 1 is 0.629 bits per heavy atom. The van der Waals surface area contributed by atoms with Crippen LogP contribution in [0.5, 0.6) is 5.88 Å². The third kappa shape index (κ3) is 24.2. The molecule has 0 amide bonds. The highest BCUT2D eigenvalue weighted by Gasteiger charge is 1.96. The van der Waals surface area contributed by atoms with Crippen LogP contribution in [0.25, 0.3) is 0 Å². The van der Waals surface area contributed by atoms with E-state index in [4.69, 9.17) is 39.0 Å². The van der Waals surface area contributed by atoms with Crippen molar-refractivity contribution in [2.24, 2.45) is 0 Å². The number of aliphatic hydroxyl groups is 3. The van der Waals surface area contributed by atoms with Gasteiger partial charge in [-0.15, -0.1) is 0 Å². The molecule has 0 saturated heterocycles. The second-order valence-electron chi connectivity index (χ2n) is 6.08. The number of hydrogen-bond acceptors (Lipinski definition) is 10. The Morgan fingerprint density at radius 2 is 1.06 bits per heavy atom. The maximum atomic E-state index is 12.0. The van der Waals surface area contributed by atoms with Gasteiger partial charge in [0.1, 0.15) is 6.61 Å². The summed E-state index contributed by atoms with van der Waals surface area (Å²) in [5.74, 6) is 0.110. The molecular weight excluding hydrogens is 599 g/mol. The number of ether oxygens (including phenoxy) is 5. The zero-order chi connectivity index (χ0) is 26.0. The first-order valence-electron chi connectivity index (χ1n) is 10.7. The predicted molar refractivity (Wildman–Crippen MR) is 134 cm³/mol. The van der Waals surface area contributed by atoms with Crippen LogP contribution in [0.1, 0.15) is 0 Å². The first kappa shape index (κ1) is 33.7. The lowest BCUT2D eigenvalue weighted by molar-refractivity contribution is 0.0222. The second-order valence-corrected chi connectivity index (χ2v) is 7.91. The van der Waals surface area contributed by atoms with Crippen LogP contribution in [0.15, 0.2) is 45.6 Å². The molecule has 2 heterocycles. The lowest BCUT2D eigenvalue weighted by Crippen LogP contribution is -2.12. The molecule has 0 radical (unpaired) electrons. The Morgan fingerprint density at radius 3 is 1.46 bits per heavy atom. The molecule has 2 aromatic heterocycles. The van der Waals surface area contributed by atoms with Gasteiger partial charge in [0.25, 0.3) is 0 Å². The summed E-state index contributed by atoms with van der Waals surface area (Å²) in [6, 6.07) is 6.61. The molecule has 10 nitrogen and oxygen atoms in total. The minimum Gasteiger partial charge on any atom is -0.475 e. The van der Waals surface area contributed by atoms with E-state index in [1.165, 1.54) is 12.3 Å². The van der Waals surface area contributed by atoms with Crippen LogP contribution in [0.2, 0.25) is 0 Å². The molecule has 0 bridgehead atoms. The van der Waals surface area contributed by atoms with Crippen LogP contribution in [0.4, 0.5) is 4.39 Å². The Hall–Kier alpha value is -1.29. The molecule has 0 aromatic carbocycles. The van der Waals surface area contributed by atoms with Gasteiger partial charge in [-0.2, -0.15) is 4.39 Å². The van der Waals surface area contributed by atoms with Crippen LogP contribution in [-0.4, -0.2) is 105 Å². The summed E-state index contributed by atoms with van der Waals surface area (Å²) < 4.78 is 39.1. The van der Waals surface area contributed by atoms with Gasteiger partial charge in [-0.1, -0.05) is 31.9 Å².